The van der Waals surface area contributed by atoms with Crippen LogP contribution in [0.1, 0.15) is 49.7 Å². The molecule has 118 valence electrons. The van der Waals surface area contributed by atoms with Crippen LogP contribution in [0.2, 0.25) is 0 Å². The van der Waals surface area contributed by atoms with Gasteiger partial charge >= 0.3 is 5.97 Å². The van der Waals surface area contributed by atoms with Crippen molar-refractivity contribution in [2.45, 2.75) is 50.9 Å². The van der Waals surface area contributed by atoms with E-state index in [1.807, 2.05) is 12.1 Å². The van der Waals surface area contributed by atoms with Crippen LogP contribution in [0.5, 0.6) is 5.75 Å². The lowest BCUT2D eigenvalue weighted by molar-refractivity contribution is -0.171. The number of esters is 1. The number of carbonyl (C=O) groups excluding carboxylic acids is 1. The second kappa shape index (κ2) is 4.50. The second-order valence-corrected chi connectivity index (χ2v) is 8.03. The van der Waals surface area contributed by atoms with Crippen molar-refractivity contribution in [3.05, 3.63) is 29.3 Å². The fraction of sp³-hybridized carbons (Fsp3) is 0.632. The number of benzene rings is 1. The molecule has 0 amide bonds. The van der Waals surface area contributed by atoms with Gasteiger partial charge in [0.1, 0.15) is 5.75 Å². The first-order chi connectivity index (χ1) is 10.5. The van der Waals surface area contributed by atoms with Gasteiger partial charge in [0.15, 0.2) is 0 Å². The Labute approximate surface area is 131 Å². The van der Waals surface area contributed by atoms with E-state index in [2.05, 4.69) is 13.0 Å². The van der Waals surface area contributed by atoms with E-state index in [-0.39, 0.29) is 16.8 Å². The third-order valence-electron chi connectivity index (χ3n) is 6.40. The van der Waals surface area contributed by atoms with E-state index < -0.39 is 0 Å². The Kier molecular flexibility index (Phi) is 2.88. The fourth-order valence-corrected chi connectivity index (χ4v) is 6.11. The Morgan fingerprint density at radius 1 is 1.23 bits per heavy atom. The summed E-state index contributed by atoms with van der Waals surface area (Å²) in [5, 5.41) is 10.5. The van der Waals surface area contributed by atoms with Gasteiger partial charge in [0, 0.05) is 11.0 Å². The molecule has 0 radical (unpaired) electrons. The van der Waals surface area contributed by atoms with Gasteiger partial charge in [-0.05, 0) is 63.4 Å². The van der Waals surface area contributed by atoms with Crippen LogP contribution in [0.3, 0.4) is 0 Å². The minimum atomic E-state index is -0.310. The topological polar surface area (TPSA) is 46.5 Å². The lowest BCUT2D eigenvalue weighted by Gasteiger charge is -2.61. The summed E-state index contributed by atoms with van der Waals surface area (Å²) >= 11 is 0. The molecular formula is C19H24O3. The first-order valence-corrected chi connectivity index (χ1v) is 8.35. The summed E-state index contributed by atoms with van der Waals surface area (Å²) in [6, 6.07) is 5.90. The fourth-order valence-electron chi connectivity index (χ4n) is 6.11. The number of phenols is 1. The zero-order chi connectivity index (χ0) is 15.5. The van der Waals surface area contributed by atoms with Crippen molar-refractivity contribution in [1.82, 2.24) is 0 Å². The molecule has 1 aromatic rings. The number of aromatic hydroxyl groups is 1. The van der Waals surface area contributed by atoms with Gasteiger partial charge in [-0.1, -0.05) is 17.7 Å². The van der Waals surface area contributed by atoms with Gasteiger partial charge in [0.25, 0.3) is 0 Å². The first-order valence-electron chi connectivity index (χ1n) is 8.35. The highest BCUT2D eigenvalue weighted by Crippen LogP contribution is 2.66. The molecule has 4 aliphatic rings. The van der Waals surface area contributed by atoms with Gasteiger partial charge in [0.2, 0.25) is 0 Å². The van der Waals surface area contributed by atoms with Crippen LogP contribution in [0.25, 0.3) is 0 Å². The molecule has 5 rings (SSSR count). The molecular weight excluding hydrogens is 276 g/mol. The van der Waals surface area contributed by atoms with Crippen molar-refractivity contribution in [3.8, 4) is 5.75 Å². The van der Waals surface area contributed by atoms with Gasteiger partial charge < -0.3 is 9.84 Å². The van der Waals surface area contributed by atoms with Crippen molar-refractivity contribution in [2.75, 3.05) is 7.11 Å². The molecule has 0 saturated heterocycles. The summed E-state index contributed by atoms with van der Waals surface area (Å²) in [5.41, 5.74) is 1.90. The Balaban J connectivity index is 1.82. The van der Waals surface area contributed by atoms with Gasteiger partial charge in [-0.3, -0.25) is 4.79 Å². The van der Waals surface area contributed by atoms with E-state index in [0.717, 1.165) is 37.7 Å². The smallest absolute Gasteiger partial charge is 0.311 e. The predicted molar refractivity (Wildman–Crippen MR) is 83.7 cm³/mol. The minimum absolute atomic E-state index is 0.0295. The molecule has 0 spiro atoms. The Morgan fingerprint density at radius 3 is 2.55 bits per heavy atom. The molecule has 0 aromatic heterocycles. The molecule has 3 nitrogen and oxygen atoms in total. The molecule has 22 heavy (non-hydrogen) atoms. The van der Waals surface area contributed by atoms with Gasteiger partial charge in [-0.15, -0.1) is 0 Å². The summed E-state index contributed by atoms with van der Waals surface area (Å²) in [5.74, 6) is 1.56. The van der Waals surface area contributed by atoms with Crippen LogP contribution in [0.4, 0.5) is 0 Å². The van der Waals surface area contributed by atoms with Crippen LogP contribution in [-0.2, 0) is 14.9 Å². The standard InChI is InChI=1S/C19H24O3/c1-12-3-4-16(20)15(5-12)18-7-13-6-14(8-18)10-19(9-13,11-18)17(21)22-2/h3-5,13-14,20H,6-11H2,1-2H3. The van der Waals surface area contributed by atoms with E-state index in [0.29, 0.717) is 17.6 Å². The monoisotopic (exact) mass is 300 g/mol. The number of hydrogen-bond donors (Lipinski definition) is 1. The van der Waals surface area contributed by atoms with E-state index in [1.54, 1.807) is 0 Å². The zero-order valence-corrected chi connectivity index (χ0v) is 13.4. The third kappa shape index (κ3) is 1.84. The SMILES string of the molecule is COC(=O)C12CC3CC(C1)CC(c1cc(C)ccc1O)(C3)C2. The molecule has 4 fully saturated rings. The van der Waals surface area contributed by atoms with Crippen LogP contribution in [-0.4, -0.2) is 18.2 Å². The maximum absolute atomic E-state index is 12.5. The van der Waals surface area contributed by atoms with E-state index in [1.165, 1.54) is 19.1 Å². The molecule has 4 aliphatic carbocycles. The molecule has 0 heterocycles. The van der Waals surface area contributed by atoms with Gasteiger partial charge in [0.05, 0.1) is 12.5 Å². The quantitative estimate of drug-likeness (QED) is 0.847. The van der Waals surface area contributed by atoms with Crippen molar-refractivity contribution in [2.24, 2.45) is 17.3 Å². The highest BCUT2D eigenvalue weighted by atomic mass is 16.5. The molecule has 3 heteroatoms. The van der Waals surface area contributed by atoms with Crippen LogP contribution < -0.4 is 0 Å². The van der Waals surface area contributed by atoms with Crippen molar-refractivity contribution < 1.29 is 14.6 Å². The van der Waals surface area contributed by atoms with Crippen molar-refractivity contribution in [3.63, 3.8) is 0 Å². The number of methoxy groups -OCH3 is 1. The molecule has 1 aromatic carbocycles. The summed E-state index contributed by atoms with van der Waals surface area (Å²) in [6.45, 7) is 2.07. The maximum Gasteiger partial charge on any atom is 0.311 e. The Hall–Kier alpha value is -1.51. The zero-order valence-electron chi connectivity index (χ0n) is 13.4. The number of ether oxygens (including phenoxy) is 1. The summed E-state index contributed by atoms with van der Waals surface area (Å²) < 4.78 is 5.17. The Morgan fingerprint density at radius 2 is 1.91 bits per heavy atom. The number of aryl methyl sites for hydroxylation is 1. The number of hydrogen-bond acceptors (Lipinski definition) is 3. The first kappa shape index (κ1) is 14.1. The Bertz CT molecular complexity index is 620. The second-order valence-electron chi connectivity index (χ2n) is 8.03. The molecule has 2 unspecified atom stereocenters. The molecule has 1 N–H and O–H groups in total. The summed E-state index contributed by atoms with van der Waals surface area (Å²) in [6.07, 6.45) is 6.26. The van der Waals surface area contributed by atoms with Crippen LogP contribution in [0.15, 0.2) is 18.2 Å². The van der Waals surface area contributed by atoms with Gasteiger partial charge in [-0.2, -0.15) is 0 Å². The van der Waals surface area contributed by atoms with E-state index in [4.69, 9.17) is 4.74 Å². The normalized spacial score (nSPS) is 39.0. The average Bonchev–Trinajstić information content (AvgIpc) is 2.47. The molecule has 4 bridgehead atoms. The van der Waals surface area contributed by atoms with E-state index >= 15 is 0 Å². The number of carbonyl (C=O) groups is 1. The lowest BCUT2D eigenvalue weighted by atomic mass is 9.43. The van der Waals surface area contributed by atoms with Crippen molar-refractivity contribution in [1.29, 1.82) is 0 Å². The minimum Gasteiger partial charge on any atom is -0.508 e. The predicted octanol–water partition coefficient (Wildman–Crippen LogP) is 3.71. The number of phenolic OH excluding ortho intramolecular Hbond substituents is 1. The number of rotatable bonds is 2. The third-order valence-corrected chi connectivity index (χ3v) is 6.40. The summed E-state index contributed by atoms with van der Waals surface area (Å²) in [7, 11) is 1.51. The lowest BCUT2D eigenvalue weighted by Crippen LogP contribution is -2.57. The molecule has 0 aliphatic heterocycles. The summed E-state index contributed by atoms with van der Waals surface area (Å²) in [4.78, 5) is 12.5. The van der Waals surface area contributed by atoms with Crippen molar-refractivity contribution >= 4 is 5.97 Å². The molecule has 2 atom stereocenters. The molecule has 4 saturated carbocycles. The highest BCUT2D eigenvalue weighted by Gasteiger charge is 2.62. The largest absolute Gasteiger partial charge is 0.508 e. The maximum atomic E-state index is 12.5. The highest BCUT2D eigenvalue weighted by molar-refractivity contribution is 5.78. The van der Waals surface area contributed by atoms with Gasteiger partial charge in [-0.25, -0.2) is 0 Å². The van der Waals surface area contributed by atoms with E-state index in [9.17, 15) is 9.90 Å². The van der Waals surface area contributed by atoms with Crippen LogP contribution in [0, 0.1) is 24.2 Å². The average molecular weight is 300 g/mol. The van der Waals surface area contributed by atoms with Crippen LogP contribution >= 0.6 is 0 Å².